The van der Waals surface area contributed by atoms with Crippen molar-refractivity contribution in [2.75, 3.05) is 0 Å². The summed E-state index contributed by atoms with van der Waals surface area (Å²) in [6.45, 7) is 2.04. The molecule has 1 aromatic carbocycles. The van der Waals surface area contributed by atoms with Crippen LogP contribution in [0.25, 0.3) is 0 Å². The van der Waals surface area contributed by atoms with Gasteiger partial charge in [-0.3, -0.25) is 0 Å². The van der Waals surface area contributed by atoms with E-state index in [1.807, 2.05) is 48.0 Å². The van der Waals surface area contributed by atoms with Gasteiger partial charge < -0.3 is 5.11 Å². The van der Waals surface area contributed by atoms with E-state index >= 15 is 0 Å². The van der Waals surface area contributed by atoms with Gasteiger partial charge in [-0.05, 0) is 6.07 Å². The van der Waals surface area contributed by atoms with Crippen molar-refractivity contribution in [3.05, 3.63) is 66.0 Å². The van der Waals surface area contributed by atoms with E-state index in [4.69, 9.17) is 5.11 Å². The number of carbonyl (C=O) groups is 1. The van der Waals surface area contributed by atoms with Crippen LogP contribution in [0.2, 0.25) is 0 Å². The first-order chi connectivity index (χ1) is 8.18. The summed E-state index contributed by atoms with van der Waals surface area (Å²) in [4.78, 5) is 10.9. The highest BCUT2D eigenvalue weighted by molar-refractivity contribution is 5.86. The zero-order chi connectivity index (χ0) is 12.3. The third kappa shape index (κ3) is 2.50. The van der Waals surface area contributed by atoms with Gasteiger partial charge in [0.25, 0.3) is 0 Å². The van der Waals surface area contributed by atoms with Crippen molar-refractivity contribution in [3.63, 3.8) is 0 Å². The molecule has 1 heterocycles. The Morgan fingerprint density at radius 2 is 1.88 bits per heavy atom. The Labute approximate surface area is 100.0 Å². The summed E-state index contributed by atoms with van der Waals surface area (Å²) in [7, 11) is 0. The van der Waals surface area contributed by atoms with Crippen LogP contribution >= 0.6 is 0 Å². The number of pyridine rings is 1. The first kappa shape index (κ1) is 11.3. The van der Waals surface area contributed by atoms with Gasteiger partial charge in [0.05, 0.1) is 0 Å². The topological polar surface area (TPSA) is 41.2 Å². The molecule has 0 aliphatic carbocycles. The summed E-state index contributed by atoms with van der Waals surface area (Å²) in [5, 5.41) is 8.95. The molecular formula is C14H14NO2+. The molecule has 0 saturated carbocycles. The molecule has 17 heavy (non-hydrogen) atoms. The molecule has 1 atom stereocenters. The quantitative estimate of drug-likeness (QED) is 0.819. The van der Waals surface area contributed by atoms with Crippen molar-refractivity contribution in [1.29, 1.82) is 0 Å². The van der Waals surface area contributed by atoms with E-state index in [2.05, 4.69) is 0 Å². The number of nitrogens with zero attached hydrogens (tertiary/aromatic N) is 1. The van der Waals surface area contributed by atoms with E-state index in [1.54, 1.807) is 18.3 Å². The summed E-state index contributed by atoms with van der Waals surface area (Å²) < 4.78 is 1.90. The maximum Gasteiger partial charge on any atom is 0.341 e. The summed E-state index contributed by atoms with van der Waals surface area (Å²) in [6, 6.07) is 13.5. The van der Waals surface area contributed by atoms with Gasteiger partial charge in [0.15, 0.2) is 18.4 Å². The minimum Gasteiger partial charge on any atom is -0.477 e. The summed E-state index contributed by atoms with van der Waals surface area (Å²) in [6.07, 6.45) is 3.53. The largest absolute Gasteiger partial charge is 0.477 e. The Morgan fingerprint density at radius 3 is 2.53 bits per heavy atom. The van der Waals surface area contributed by atoms with E-state index in [0.717, 1.165) is 5.56 Å². The first-order valence-corrected chi connectivity index (χ1v) is 5.47. The average molecular weight is 228 g/mol. The van der Waals surface area contributed by atoms with Crippen LogP contribution in [0.4, 0.5) is 0 Å². The summed E-state index contributed by atoms with van der Waals surface area (Å²) in [5.74, 6) is -0.903. The second-order valence-electron chi connectivity index (χ2n) is 3.93. The van der Waals surface area contributed by atoms with Gasteiger partial charge in [-0.1, -0.05) is 30.3 Å². The van der Waals surface area contributed by atoms with Crippen LogP contribution < -0.4 is 4.57 Å². The van der Waals surface area contributed by atoms with Gasteiger partial charge in [-0.2, -0.15) is 4.57 Å². The Hall–Kier alpha value is -2.16. The van der Waals surface area contributed by atoms with Crippen LogP contribution in [-0.4, -0.2) is 11.1 Å². The van der Waals surface area contributed by atoms with Crippen molar-refractivity contribution < 1.29 is 14.5 Å². The predicted octanol–water partition coefficient (Wildman–Crippen LogP) is 2.28. The highest BCUT2D eigenvalue weighted by Crippen LogP contribution is 2.11. The number of carboxylic acid groups (broad SMARTS) is 1. The molecule has 2 aromatic rings. The maximum absolute atomic E-state index is 10.9. The molecule has 2 rings (SSSR count). The van der Waals surface area contributed by atoms with Crippen molar-refractivity contribution in [2.24, 2.45) is 0 Å². The third-order valence-electron chi connectivity index (χ3n) is 2.80. The summed E-state index contributed by atoms with van der Waals surface area (Å²) >= 11 is 0. The molecule has 0 spiro atoms. The van der Waals surface area contributed by atoms with Gasteiger partial charge in [0.1, 0.15) is 5.56 Å². The number of hydrogen-bond acceptors (Lipinski definition) is 1. The SMILES string of the molecule is CC(c1ccccc1)[n+]1cccc(C(=O)O)c1. The lowest BCUT2D eigenvalue weighted by Gasteiger charge is -2.07. The Balaban J connectivity index is 2.34. The van der Waals surface area contributed by atoms with Gasteiger partial charge in [0, 0.05) is 18.6 Å². The van der Waals surface area contributed by atoms with Gasteiger partial charge >= 0.3 is 5.97 Å². The Morgan fingerprint density at radius 1 is 1.18 bits per heavy atom. The number of aromatic nitrogens is 1. The standard InChI is InChI=1S/C14H13NO2/c1-11(12-6-3-2-4-7-12)15-9-5-8-13(10-15)14(16)17/h2-11H,1H3/p+1. The maximum atomic E-state index is 10.9. The summed E-state index contributed by atoms with van der Waals surface area (Å²) in [5.41, 5.74) is 1.45. The van der Waals surface area contributed by atoms with E-state index in [1.165, 1.54) is 0 Å². The lowest BCUT2D eigenvalue weighted by atomic mass is 10.1. The molecule has 0 aliphatic heterocycles. The van der Waals surface area contributed by atoms with Crippen LogP contribution in [0, 0.1) is 0 Å². The van der Waals surface area contributed by atoms with Gasteiger partial charge in [0.2, 0.25) is 0 Å². The van der Waals surface area contributed by atoms with E-state index in [0.29, 0.717) is 5.56 Å². The third-order valence-corrected chi connectivity index (χ3v) is 2.80. The second kappa shape index (κ2) is 4.78. The molecule has 86 valence electrons. The van der Waals surface area contributed by atoms with Crippen LogP contribution in [-0.2, 0) is 0 Å². The number of hydrogen-bond donors (Lipinski definition) is 1. The Kier molecular flexibility index (Phi) is 3.19. The fourth-order valence-corrected chi connectivity index (χ4v) is 1.76. The van der Waals surface area contributed by atoms with Crippen molar-refractivity contribution in [2.45, 2.75) is 13.0 Å². The average Bonchev–Trinajstić information content (AvgIpc) is 2.39. The minimum absolute atomic E-state index is 0.121. The van der Waals surface area contributed by atoms with Crippen LogP contribution in [0.1, 0.15) is 28.9 Å². The zero-order valence-corrected chi connectivity index (χ0v) is 9.58. The highest BCUT2D eigenvalue weighted by Gasteiger charge is 2.16. The minimum atomic E-state index is -0.903. The fraction of sp³-hybridized carbons (Fsp3) is 0.143. The van der Waals surface area contributed by atoms with Crippen LogP contribution in [0.3, 0.4) is 0 Å². The van der Waals surface area contributed by atoms with Crippen LogP contribution in [0.5, 0.6) is 0 Å². The monoisotopic (exact) mass is 228 g/mol. The molecule has 3 nitrogen and oxygen atoms in total. The molecule has 3 heteroatoms. The van der Waals surface area contributed by atoms with Crippen molar-refractivity contribution in [3.8, 4) is 0 Å². The molecule has 0 fully saturated rings. The van der Waals surface area contributed by atoms with Crippen molar-refractivity contribution >= 4 is 5.97 Å². The molecule has 0 radical (unpaired) electrons. The molecule has 1 N–H and O–H groups in total. The number of rotatable bonds is 3. The second-order valence-corrected chi connectivity index (χ2v) is 3.93. The number of benzene rings is 1. The molecule has 1 aromatic heterocycles. The number of carboxylic acids is 1. The molecule has 0 saturated heterocycles. The molecule has 0 aliphatic rings. The van der Waals surface area contributed by atoms with Crippen molar-refractivity contribution in [1.82, 2.24) is 0 Å². The van der Waals surface area contributed by atoms with E-state index in [9.17, 15) is 4.79 Å². The molecular weight excluding hydrogens is 214 g/mol. The predicted molar refractivity (Wildman–Crippen MR) is 63.9 cm³/mol. The fourth-order valence-electron chi connectivity index (χ4n) is 1.76. The molecule has 0 bridgehead atoms. The lowest BCUT2D eigenvalue weighted by Crippen LogP contribution is -2.38. The first-order valence-electron chi connectivity index (χ1n) is 5.47. The zero-order valence-electron chi connectivity index (χ0n) is 9.58. The highest BCUT2D eigenvalue weighted by atomic mass is 16.4. The normalized spacial score (nSPS) is 12.1. The van der Waals surface area contributed by atoms with Gasteiger partial charge in [-0.15, -0.1) is 0 Å². The smallest absolute Gasteiger partial charge is 0.341 e. The number of aromatic carboxylic acids is 1. The van der Waals surface area contributed by atoms with Gasteiger partial charge in [-0.25, -0.2) is 4.79 Å². The van der Waals surface area contributed by atoms with E-state index in [-0.39, 0.29) is 6.04 Å². The molecule has 0 amide bonds. The Bertz CT molecular complexity index is 523. The molecule has 1 unspecified atom stereocenters. The van der Waals surface area contributed by atoms with Crippen LogP contribution in [0.15, 0.2) is 54.9 Å². The van der Waals surface area contributed by atoms with E-state index < -0.39 is 5.97 Å². The lowest BCUT2D eigenvalue weighted by molar-refractivity contribution is -0.710.